The molecule has 0 saturated heterocycles. The molecule has 112 valence electrons. The van der Waals surface area contributed by atoms with Crippen LogP contribution in [0.1, 0.15) is 35.7 Å². The van der Waals surface area contributed by atoms with E-state index in [0.717, 1.165) is 0 Å². The van der Waals surface area contributed by atoms with Gasteiger partial charge in [-0.05, 0) is 23.6 Å². The predicted octanol–water partition coefficient (Wildman–Crippen LogP) is 3.18. The second-order valence-electron chi connectivity index (χ2n) is 5.26. The summed E-state index contributed by atoms with van der Waals surface area (Å²) in [5.74, 6) is 0. The number of hydrogen-bond donors (Lipinski definition) is 2. The van der Waals surface area contributed by atoms with E-state index in [1.54, 1.807) is 7.11 Å². The Hall–Kier alpha value is -1.68. The summed E-state index contributed by atoms with van der Waals surface area (Å²) in [5, 5.41) is 3.59. The number of methoxy groups -OCH3 is 1. The molecule has 0 amide bonds. The number of nitrogens with two attached hydrogens (primary N) is 1. The molecule has 0 spiro atoms. The molecule has 3 N–H and O–H groups in total. The van der Waals surface area contributed by atoms with Crippen LogP contribution in [-0.2, 0) is 11.3 Å². The first-order valence-corrected chi connectivity index (χ1v) is 7.33. The van der Waals surface area contributed by atoms with Gasteiger partial charge in [0.25, 0.3) is 0 Å². The lowest BCUT2D eigenvalue weighted by Crippen LogP contribution is -2.30. The molecule has 3 heteroatoms. The van der Waals surface area contributed by atoms with Crippen LogP contribution in [0.15, 0.2) is 54.6 Å². The van der Waals surface area contributed by atoms with Crippen molar-refractivity contribution in [3.05, 3.63) is 71.3 Å². The summed E-state index contributed by atoms with van der Waals surface area (Å²) in [4.78, 5) is 0. The lowest BCUT2D eigenvalue weighted by Gasteiger charge is -2.23. The van der Waals surface area contributed by atoms with E-state index in [1.165, 1.54) is 16.7 Å². The van der Waals surface area contributed by atoms with Crippen LogP contribution in [0.3, 0.4) is 0 Å². The van der Waals surface area contributed by atoms with Gasteiger partial charge >= 0.3 is 0 Å². The highest BCUT2D eigenvalue weighted by Crippen LogP contribution is 2.19. The fourth-order valence-electron chi connectivity index (χ4n) is 2.45. The number of rotatable bonds is 7. The Morgan fingerprint density at radius 2 is 1.67 bits per heavy atom. The number of nitrogens with one attached hydrogen (secondary N) is 1. The zero-order valence-electron chi connectivity index (χ0n) is 12.8. The minimum absolute atomic E-state index is 0.150. The van der Waals surface area contributed by atoms with Crippen LogP contribution in [-0.4, -0.2) is 13.7 Å². The fourth-order valence-corrected chi connectivity index (χ4v) is 2.45. The summed E-state index contributed by atoms with van der Waals surface area (Å²) in [7, 11) is 1.71. The average Bonchev–Trinajstić information content (AvgIpc) is 2.54. The molecule has 2 atom stereocenters. The van der Waals surface area contributed by atoms with Crippen molar-refractivity contribution >= 4 is 0 Å². The summed E-state index contributed by atoms with van der Waals surface area (Å²) in [5.41, 5.74) is 9.59. The molecule has 3 nitrogen and oxygen atoms in total. The lowest BCUT2D eigenvalue weighted by molar-refractivity contribution is 0.185. The van der Waals surface area contributed by atoms with Crippen molar-refractivity contribution in [3.8, 4) is 0 Å². The highest BCUT2D eigenvalue weighted by molar-refractivity contribution is 5.26. The molecule has 0 saturated carbocycles. The van der Waals surface area contributed by atoms with E-state index < -0.39 is 0 Å². The smallest absolute Gasteiger partial charge is 0.0713 e. The van der Waals surface area contributed by atoms with Gasteiger partial charge in [0.1, 0.15) is 0 Å². The predicted molar refractivity (Wildman–Crippen MR) is 86.9 cm³/mol. The van der Waals surface area contributed by atoms with Gasteiger partial charge in [0, 0.05) is 25.7 Å². The molecule has 2 aromatic carbocycles. The molecular formula is C18H24N2O. The van der Waals surface area contributed by atoms with Gasteiger partial charge < -0.3 is 15.8 Å². The number of benzene rings is 2. The van der Waals surface area contributed by atoms with Gasteiger partial charge in [-0.15, -0.1) is 0 Å². The largest absolute Gasteiger partial charge is 0.380 e. The summed E-state index contributed by atoms with van der Waals surface area (Å²) >= 11 is 0. The highest BCUT2D eigenvalue weighted by Gasteiger charge is 2.13. The van der Waals surface area contributed by atoms with Crippen LogP contribution in [0.4, 0.5) is 0 Å². The average molecular weight is 284 g/mol. The number of ether oxygens (including phenoxy) is 1. The molecule has 0 aliphatic rings. The summed E-state index contributed by atoms with van der Waals surface area (Å²) in [6.07, 6.45) is 0. The summed E-state index contributed by atoms with van der Waals surface area (Å²) < 4.78 is 5.14. The third-order valence-corrected chi connectivity index (χ3v) is 3.68. The fraction of sp³-hybridized carbons (Fsp3) is 0.333. The van der Waals surface area contributed by atoms with E-state index in [2.05, 4.69) is 60.8 Å². The molecule has 2 unspecified atom stereocenters. The molecule has 21 heavy (non-hydrogen) atoms. The Morgan fingerprint density at radius 3 is 2.24 bits per heavy atom. The molecule has 0 aliphatic carbocycles. The zero-order chi connectivity index (χ0) is 15.1. The van der Waals surface area contributed by atoms with Crippen molar-refractivity contribution in [2.45, 2.75) is 25.6 Å². The molecule has 2 rings (SSSR count). The van der Waals surface area contributed by atoms with Gasteiger partial charge in [0.05, 0.1) is 6.61 Å². The van der Waals surface area contributed by atoms with E-state index in [4.69, 9.17) is 10.5 Å². The Kier molecular flexibility index (Phi) is 5.93. The molecular weight excluding hydrogens is 260 g/mol. The standard InChI is InChI=1S/C18H24N2O/c1-14(16-6-4-3-5-7-16)20-18(12-19)17-10-8-15(9-11-17)13-21-2/h3-11,14,18,20H,12-13,19H2,1-2H3. The van der Waals surface area contributed by atoms with Crippen LogP contribution >= 0.6 is 0 Å². The molecule has 0 radical (unpaired) electrons. The van der Waals surface area contributed by atoms with Crippen molar-refractivity contribution in [2.75, 3.05) is 13.7 Å². The summed E-state index contributed by atoms with van der Waals surface area (Å²) in [6.45, 7) is 3.37. The van der Waals surface area contributed by atoms with Crippen molar-refractivity contribution in [3.63, 3.8) is 0 Å². The molecule has 0 bridgehead atoms. The van der Waals surface area contributed by atoms with E-state index in [-0.39, 0.29) is 12.1 Å². The molecule has 0 heterocycles. The van der Waals surface area contributed by atoms with Gasteiger partial charge in [-0.1, -0.05) is 54.6 Å². The normalized spacial score (nSPS) is 13.9. The Morgan fingerprint density at radius 1 is 1.00 bits per heavy atom. The van der Waals surface area contributed by atoms with Crippen molar-refractivity contribution in [1.29, 1.82) is 0 Å². The molecule has 0 aromatic heterocycles. The maximum absolute atomic E-state index is 5.94. The van der Waals surface area contributed by atoms with Crippen LogP contribution < -0.4 is 11.1 Å². The lowest BCUT2D eigenvalue weighted by atomic mass is 10.0. The maximum atomic E-state index is 5.94. The Balaban J connectivity index is 2.05. The van der Waals surface area contributed by atoms with Gasteiger partial charge in [0.15, 0.2) is 0 Å². The van der Waals surface area contributed by atoms with E-state index in [0.29, 0.717) is 13.2 Å². The quantitative estimate of drug-likeness (QED) is 0.821. The summed E-state index contributed by atoms with van der Waals surface area (Å²) in [6, 6.07) is 19.3. The molecule has 2 aromatic rings. The van der Waals surface area contributed by atoms with Gasteiger partial charge in [-0.25, -0.2) is 0 Å². The second kappa shape index (κ2) is 7.93. The van der Waals surface area contributed by atoms with Gasteiger partial charge in [-0.3, -0.25) is 0 Å². The zero-order valence-corrected chi connectivity index (χ0v) is 12.8. The van der Waals surface area contributed by atoms with Crippen LogP contribution in [0, 0.1) is 0 Å². The first-order valence-electron chi connectivity index (χ1n) is 7.33. The highest BCUT2D eigenvalue weighted by atomic mass is 16.5. The van der Waals surface area contributed by atoms with E-state index in [1.807, 2.05) is 6.07 Å². The van der Waals surface area contributed by atoms with Crippen molar-refractivity contribution in [2.24, 2.45) is 5.73 Å². The molecule has 0 fully saturated rings. The second-order valence-corrected chi connectivity index (χ2v) is 5.26. The maximum Gasteiger partial charge on any atom is 0.0713 e. The van der Waals surface area contributed by atoms with Crippen LogP contribution in [0.2, 0.25) is 0 Å². The minimum atomic E-state index is 0.150. The third-order valence-electron chi connectivity index (χ3n) is 3.68. The Bertz CT molecular complexity index is 525. The van der Waals surface area contributed by atoms with Crippen LogP contribution in [0.25, 0.3) is 0 Å². The number of hydrogen-bond acceptors (Lipinski definition) is 3. The third kappa shape index (κ3) is 4.39. The topological polar surface area (TPSA) is 47.3 Å². The van der Waals surface area contributed by atoms with E-state index in [9.17, 15) is 0 Å². The Labute approximate surface area is 127 Å². The first kappa shape index (κ1) is 15.7. The van der Waals surface area contributed by atoms with Gasteiger partial charge in [-0.2, -0.15) is 0 Å². The van der Waals surface area contributed by atoms with Crippen molar-refractivity contribution in [1.82, 2.24) is 5.32 Å². The monoisotopic (exact) mass is 284 g/mol. The molecule has 0 aliphatic heterocycles. The van der Waals surface area contributed by atoms with Crippen molar-refractivity contribution < 1.29 is 4.74 Å². The van der Waals surface area contributed by atoms with Crippen LogP contribution in [0.5, 0.6) is 0 Å². The minimum Gasteiger partial charge on any atom is -0.380 e. The first-order chi connectivity index (χ1) is 10.2. The SMILES string of the molecule is COCc1ccc(C(CN)NC(C)c2ccccc2)cc1. The van der Waals surface area contributed by atoms with Gasteiger partial charge in [0.2, 0.25) is 0 Å². The van der Waals surface area contributed by atoms with E-state index >= 15 is 0 Å².